The van der Waals surface area contributed by atoms with Crippen molar-refractivity contribution >= 4 is 28.4 Å². The number of carbonyl (C=O) groups is 1. The summed E-state index contributed by atoms with van der Waals surface area (Å²) in [6, 6.07) is 11.2. The number of amides is 1. The molecule has 204 valence electrons. The van der Waals surface area contributed by atoms with Gasteiger partial charge in [-0.1, -0.05) is 39.8 Å². The van der Waals surface area contributed by atoms with E-state index in [1.807, 2.05) is 41.9 Å². The number of nitrogens with zero attached hydrogens (tertiary/aromatic N) is 5. The Hall–Kier alpha value is -4.14. The third-order valence-electron chi connectivity index (χ3n) is 7.25. The smallest absolute Gasteiger partial charge is 0.272 e. The molecule has 0 bridgehead atoms. The number of rotatable bonds is 6. The summed E-state index contributed by atoms with van der Waals surface area (Å²) in [6.45, 7) is 10.4. The van der Waals surface area contributed by atoms with Crippen molar-refractivity contribution in [1.29, 1.82) is 0 Å². The zero-order valence-electron chi connectivity index (χ0n) is 23.5. The van der Waals surface area contributed by atoms with Crippen LogP contribution in [-0.4, -0.2) is 45.6 Å². The lowest BCUT2D eigenvalue weighted by Gasteiger charge is -2.30. The van der Waals surface area contributed by atoms with Crippen molar-refractivity contribution in [3.05, 3.63) is 60.2 Å². The Labute approximate surface area is 229 Å². The number of hydrogen-bond donors (Lipinski definition) is 1. The number of benzene rings is 1. The Morgan fingerprint density at radius 1 is 1.08 bits per heavy atom. The van der Waals surface area contributed by atoms with Crippen LogP contribution in [-0.2, 0) is 12.5 Å². The van der Waals surface area contributed by atoms with Gasteiger partial charge in [0.05, 0.1) is 24.5 Å². The van der Waals surface area contributed by atoms with Gasteiger partial charge in [0.1, 0.15) is 5.69 Å². The van der Waals surface area contributed by atoms with Crippen LogP contribution in [0, 0.1) is 5.92 Å². The highest BCUT2D eigenvalue weighted by molar-refractivity contribution is 6.07. The third-order valence-corrected chi connectivity index (χ3v) is 7.25. The molecule has 9 nitrogen and oxygen atoms in total. The third kappa shape index (κ3) is 5.53. The Kier molecular flexibility index (Phi) is 7.16. The monoisotopic (exact) mass is 528 g/mol. The molecule has 4 aromatic rings. The molecule has 0 radical (unpaired) electrons. The first-order valence-corrected chi connectivity index (χ1v) is 13.3. The molecule has 1 N–H and O–H groups in total. The quantitative estimate of drug-likeness (QED) is 0.330. The standard InChI is InChI=1S/C30H36N6O3/c1-19-11-14-36(15-12-19)29-31-13-10-26(34-29)39-23-9-7-8-20-16-22(35(5)27(20)23)28(37)33-21-17-25(30(2,3)4)32-18-24(21)38-6/h7-10,13,16-19H,11-12,14-15H2,1-6H3,(H,32,33,37). The molecule has 1 aliphatic heterocycles. The van der Waals surface area contributed by atoms with Gasteiger partial charge in [-0.05, 0) is 37.0 Å². The normalized spacial score (nSPS) is 14.5. The number of pyridine rings is 1. The number of anilines is 2. The number of para-hydroxylation sites is 1. The Balaban J connectivity index is 1.42. The van der Waals surface area contributed by atoms with Crippen molar-refractivity contribution in [2.75, 3.05) is 30.4 Å². The number of fused-ring (bicyclic) bond motifs is 1. The van der Waals surface area contributed by atoms with Crippen LogP contribution in [0.5, 0.6) is 17.4 Å². The first kappa shape index (κ1) is 26.5. The first-order valence-electron chi connectivity index (χ1n) is 13.3. The van der Waals surface area contributed by atoms with Crippen LogP contribution >= 0.6 is 0 Å². The molecule has 9 heteroatoms. The van der Waals surface area contributed by atoms with E-state index in [-0.39, 0.29) is 11.3 Å². The van der Waals surface area contributed by atoms with Gasteiger partial charge >= 0.3 is 0 Å². The lowest BCUT2D eigenvalue weighted by molar-refractivity contribution is 0.101. The van der Waals surface area contributed by atoms with E-state index in [0.717, 1.165) is 48.4 Å². The number of carbonyl (C=O) groups excluding carboxylic acids is 1. The van der Waals surface area contributed by atoms with Crippen LogP contribution in [0.15, 0.2) is 48.8 Å². The van der Waals surface area contributed by atoms with Gasteiger partial charge in [0.2, 0.25) is 11.8 Å². The zero-order valence-corrected chi connectivity index (χ0v) is 23.5. The van der Waals surface area contributed by atoms with Crippen molar-refractivity contribution in [2.24, 2.45) is 13.0 Å². The first-order chi connectivity index (χ1) is 18.6. The van der Waals surface area contributed by atoms with E-state index in [4.69, 9.17) is 9.47 Å². The van der Waals surface area contributed by atoms with E-state index in [1.54, 1.807) is 25.6 Å². The maximum Gasteiger partial charge on any atom is 0.272 e. The van der Waals surface area contributed by atoms with Gasteiger partial charge < -0.3 is 24.3 Å². The molecule has 4 heterocycles. The fourth-order valence-corrected chi connectivity index (χ4v) is 4.84. The average molecular weight is 529 g/mol. The van der Waals surface area contributed by atoms with Crippen LogP contribution in [0.1, 0.15) is 56.7 Å². The van der Waals surface area contributed by atoms with E-state index in [2.05, 4.69) is 52.9 Å². The number of aromatic nitrogens is 4. The molecule has 3 aromatic heterocycles. The van der Waals surface area contributed by atoms with Crippen molar-refractivity contribution in [2.45, 2.75) is 46.0 Å². The summed E-state index contributed by atoms with van der Waals surface area (Å²) in [7, 11) is 3.42. The minimum Gasteiger partial charge on any atom is -0.493 e. The summed E-state index contributed by atoms with van der Waals surface area (Å²) in [4.78, 5) is 29.3. The van der Waals surface area contributed by atoms with Gasteiger partial charge in [0.15, 0.2) is 11.5 Å². The molecule has 1 aliphatic rings. The second kappa shape index (κ2) is 10.6. The summed E-state index contributed by atoms with van der Waals surface area (Å²) in [5.41, 5.74) is 2.54. The molecule has 0 aliphatic carbocycles. The van der Waals surface area contributed by atoms with Crippen molar-refractivity contribution in [3.8, 4) is 17.4 Å². The largest absolute Gasteiger partial charge is 0.493 e. The lowest BCUT2D eigenvalue weighted by Crippen LogP contribution is -2.34. The fraction of sp³-hybridized carbons (Fsp3) is 0.400. The van der Waals surface area contributed by atoms with Gasteiger partial charge in [0, 0.05) is 48.9 Å². The molecule has 0 unspecified atom stereocenters. The molecule has 1 fully saturated rings. The second-order valence-corrected chi connectivity index (χ2v) is 11.2. The maximum atomic E-state index is 13.5. The summed E-state index contributed by atoms with van der Waals surface area (Å²) in [5.74, 6) is 2.73. The van der Waals surface area contributed by atoms with E-state index < -0.39 is 0 Å². The van der Waals surface area contributed by atoms with Gasteiger partial charge in [-0.25, -0.2) is 4.98 Å². The van der Waals surface area contributed by atoms with Gasteiger partial charge in [-0.15, -0.1) is 0 Å². The number of aryl methyl sites for hydroxylation is 1. The predicted molar refractivity (Wildman–Crippen MR) is 153 cm³/mol. The minimum absolute atomic E-state index is 0.176. The molecule has 0 atom stereocenters. The Morgan fingerprint density at radius 2 is 1.85 bits per heavy atom. The molecule has 1 amide bonds. The lowest BCUT2D eigenvalue weighted by atomic mass is 9.91. The van der Waals surface area contributed by atoms with Gasteiger partial charge in [0.25, 0.3) is 5.91 Å². The SMILES string of the molecule is COc1cnc(C(C)(C)C)cc1NC(=O)c1cc2cccc(Oc3ccnc(N4CCC(C)CC4)n3)c2n1C. The fourth-order valence-electron chi connectivity index (χ4n) is 4.84. The van der Waals surface area contributed by atoms with Crippen molar-refractivity contribution in [1.82, 2.24) is 19.5 Å². The van der Waals surface area contributed by atoms with Crippen LogP contribution in [0.25, 0.3) is 10.9 Å². The van der Waals surface area contributed by atoms with E-state index in [9.17, 15) is 4.79 Å². The Morgan fingerprint density at radius 3 is 2.56 bits per heavy atom. The molecular formula is C30H36N6O3. The zero-order chi connectivity index (χ0) is 27.7. The molecular weight excluding hydrogens is 492 g/mol. The summed E-state index contributed by atoms with van der Waals surface area (Å²) >= 11 is 0. The topological polar surface area (TPSA) is 94.4 Å². The molecule has 1 saturated heterocycles. The number of piperidine rings is 1. The van der Waals surface area contributed by atoms with E-state index in [0.29, 0.717) is 34.7 Å². The maximum absolute atomic E-state index is 13.5. The van der Waals surface area contributed by atoms with E-state index in [1.165, 1.54) is 0 Å². The number of methoxy groups -OCH3 is 1. The average Bonchev–Trinajstić information content (AvgIpc) is 3.26. The molecule has 39 heavy (non-hydrogen) atoms. The highest BCUT2D eigenvalue weighted by Crippen LogP contribution is 2.33. The number of nitrogens with one attached hydrogen (secondary N) is 1. The van der Waals surface area contributed by atoms with Crippen LogP contribution < -0.4 is 19.7 Å². The number of ether oxygens (including phenoxy) is 2. The van der Waals surface area contributed by atoms with Crippen LogP contribution in [0.4, 0.5) is 11.6 Å². The minimum atomic E-state index is -0.257. The molecule has 5 rings (SSSR count). The van der Waals surface area contributed by atoms with Gasteiger partial charge in [-0.3, -0.25) is 9.78 Å². The predicted octanol–water partition coefficient (Wildman–Crippen LogP) is 5.95. The summed E-state index contributed by atoms with van der Waals surface area (Å²) in [5, 5.41) is 3.90. The summed E-state index contributed by atoms with van der Waals surface area (Å²) < 4.78 is 13.6. The highest BCUT2D eigenvalue weighted by Gasteiger charge is 2.22. The number of hydrogen-bond acceptors (Lipinski definition) is 7. The van der Waals surface area contributed by atoms with Crippen LogP contribution in [0.2, 0.25) is 0 Å². The Bertz CT molecular complexity index is 1500. The second-order valence-electron chi connectivity index (χ2n) is 11.2. The molecule has 1 aromatic carbocycles. The molecule has 0 spiro atoms. The summed E-state index contributed by atoms with van der Waals surface area (Å²) in [6.07, 6.45) is 5.63. The van der Waals surface area contributed by atoms with Crippen LogP contribution in [0.3, 0.4) is 0 Å². The van der Waals surface area contributed by atoms with Crippen molar-refractivity contribution in [3.63, 3.8) is 0 Å². The highest BCUT2D eigenvalue weighted by atomic mass is 16.5. The molecule has 0 saturated carbocycles. The van der Waals surface area contributed by atoms with Gasteiger partial charge in [-0.2, -0.15) is 4.98 Å². The van der Waals surface area contributed by atoms with Crippen molar-refractivity contribution < 1.29 is 14.3 Å². The van der Waals surface area contributed by atoms with E-state index >= 15 is 0 Å².